The van der Waals surface area contributed by atoms with Gasteiger partial charge in [0.15, 0.2) is 11.5 Å². The second-order valence-electron chi connectivity index (χ2n) is 5.81. The van der Waals surface area contributed by atoms with Crippen molar-refractivity contribution >= 4 is 23.6 Å². The smallest absolute Gasteiger partial charge is 0.250 e. The molecule has 0 aliphatic heterocycles. The van der Waals surface area contributed by atoms with E-state index in [-0.39, 0.29) is 17.6 Å². The molecule has 0 aliphatic rings. The Morgan fingerprint density at radius 2 is 1.85 bits per heavy atom. The molecule has 3 N–H and O–H groups in total. The normalized spacial score (nSPS) is 10.8. The number of ether oxygens (including phenoxy) is 2. The third-order valence-electron chi connectivity index (χ3n) is 3.43. The number of hydrogen-bond acceptors (Lipinski definition) is 4. The lowest BCUT2D eigenvalue weighted by atomic mass is 10.1. The summed E-state index contributed by atoms with van der Waals surface area (Å²) in [6.45, 7) is 3.86. The van der Waals surface area contributed by atoms with Crippen molar-refractivity contribution in [3.8, 4) is 11.5 Å². The highest BCUT2D eigenvalue weighted by atomic mass is 16.5. The van der Waals surface area contributed by atoms with Crippen molar-refractivity contribution < 1.29 is 19.1 Å². The third-order valence-corrected chi connectivity index (χ3v) is 3.43. The van der Waals surface area contributed by atoms with Crippen molar-refractivity contribution in [1.29, 1.82) is 0 Å². The summed E-state index contributed by atoms with van der Waals surface area (Å²) in [4.78, 5) is 23.5. The van der Waals surface area contributed by atoms with Gasteiger partial charge in [0.1, 0.15) is 0 Å². The molecule has 6 heteroatoms. The van der Waals surface area contributed by atoms with Crippen LogP contribution in [-0.4, -0.2) is 25.0 Å². The highest BCUT2D eigenvalue weighted by Gasteiger charge is 2.09. The molecule has 0 radical (unpaired) electrons. The van der Waals surface area contributed by atoms with E-state index in [1.54, 1.807) is 49.6 Å². The Morgan fingerprint density at radius 1 is 1.12 bits per heavy atom. The number of carbonyl (C=O) groups excluding carboxylic acids is 2. The molecule has 0 fully saturated rings. The topological polar surface area (TPSA) is 90.6 Å². The van der Waals surface area contributed by atoms with Crippen LogP contribution < -0.4 is 20.5 Å². The van der Waals surface area contributed by atoms with E-state index in [0.717, 1.165) is 5.56 Å². The summed E-state index contributed by atoms with van der Waals surface area (Å²) in [5.41, 5.74) is 6.70. The second-order valence-corrected chi connectivity index (χ2v) is 5.81. The van der Waals surface area contributed by atoms with Crippen molar-refractivity contribution in [3.05, 3.63) is 59.7 Å². The summed E-state index contributed by atoms with van der Waals surface area (Å²) in [5, 5.41) is 2.65. The lowest BCUT2D eigenvalue weighted by Crippen LogP contribution is -2.16. The number of carbonyl (C=O) groups is 2. The van der Waals surface area contributed by atoms with Gasteiger partial charge in [-0.05, 0) is 49.8 Å². The lowest BCUT2D eigenvalue weighted by molar-refractivity contribution is -0.111. The number of rotatable bonds is 7. The van der Waals surface area contributed by atoms with Gasteiger partial charge in [-0.2, -0.15) is 0 Å². The summed E-state index contributed by atoms with van der Waals surface area (Å²) in [7, 11) is 1.56. The van der Waals surface area contributed by atoms with Crippen molar-refractivity contribution in [1.82, 2.24) is 0 Å². The monoisotopic (exact) mass is 354 g/mol. The molecule has 2 rings (SSSR count). The number of nitrogens with two attached hydrogens (primary N) is 1. The highest BCUT2D eigenvalue weighted by molar-refractivity contribution is 6.07. The third kappa shape index (κ3) is 5.11. The zero-order valence-corrected chi connectivity index (χ0v) is 15.0. The standard InChI is InChI=1S/C20H22N2O4/c1-13(2)26-17-10-8-14(12-18(17)25-3)9-11-19(23)22-16-7-5-4-6-15(16)20(21)24/h4-13H,1-3H3,(H2,21,24)(H,22,23). The van der Waals surface area contributed by atoms with Crippen molar-refractivity contribution in [2.24, 2.45) is 5.73 Å². The Kier molecular flexibility index (Phi) is 6.38. The Bertz CT molecular complexity index is 828. The highest BCUT2D eigenvalue weighted by Crippen LogP contribution is 2.29. The van der Waals surface area contributed by atoms with Crippen molar-refractivity contribution in [2.75, 3.05) is 12.4 Å². The van der Waals surface area contributed by atoms with E-state index < -0.39 is 5.91 Å². The van der Waals surface area contributed by atoms with E-state index in [9.17, 15) is 9.59 Å². The maximum atomic E-state index is 12.1. The SMILES string of the molecule is COc1cc(C=CC(=O)Nc2ccccc2C(N)=O)ccc1OC(C)C. The molecule has 0 spiro atoms. The van der Waals surface area contributed by atoms with Crippen LogP contribution in [0.4, 0.5) is 5.69 Å². The fourth-order valence-corrected chi connectivity index (χ4v) is 2.29. The summed E-state index contributed by atoms with van der Waals surface area (Å²) < 4.78 is 11.0. The molecule has 2 amide bonds. The quantitative estimate of drug-likeness (QED) is 0.747. The van der Waals surface area contributed by atoms with E-state index in [1.165, 1.54) is 6.08 Å². The van der Waals surface area contributed by atoms with Gasteiger partial charge < -0.3 is 20.5 Å². The van der Waals surface area contributed by atoms with Gasteiger partial charge in [-0.1, -0.05) is 18.2 Å². The first-order chi connectivity index (χ1) is 12.4. The Labute approximate surface area is 152 Å². The summed E-state index contributed by atoms with van der Waals surface area (Å²) >= 11 is 0. The molecule has 0 unspecified atom stereocenters. The number of amides is 2. The molecule has 6 nitrogen and oxygen atoms in total. The summed E-state index contributed by atoms with van der Waals surface area (Å²) in [6.07, 6.45) is 3.04. The molecule has 0 atom stereocenters. The molecule has 0 bridgehead atoms. The minimum atomic E-state index is -0.602. The summed E-state index contributed by atoms with van der Waals surface area (Å²) in [6, 6.07) is 12.0. The Balaban J connectivity index is 2.12. The van der Waals surface area contributed by atoms with Gasteiger partial charge in [0.25, 0.3) is 5.91 Å². The molecule has 2 aromatic rings. The molecule has 2 aromatic carbocycles. The summed E-state index contributed by atoms with van der Waals surface area (Å²) in [5.74, 6) is 0.246. The number of anilines is 1. The first kappa shape index (κ1) is 19.1. The zero-order valence-electron chi connectivity index (χ0n) is 15.0. The first-order valence-corrected chi connectivity index (χ1v) is 8.13. The van der Waals surface area contributed by atoms with Gasteiger partial charge in [-0.15, -0.1) is 0 Å². The van der Waals surface area contributed by atoms with Crippen LogP contribution in [-0.2, 0) is 4.79 Å². The van der Waals surface area contributed by atoms with Gasteiger partial charge in [0.2, 0.25) is 5.91 Å². The van der Waals surface area contributed by atoms with Crippen molar-refractivity contribution in [3.63, 3.8) is 0 Å². The molecular formula is C20H22N2O4. The average Bonchev–Trinajstić information content (AvgIpc) is 2.60. The Morgan fingerprint density at radius 3 is 2.50 bits per heavy atom. The molecule has 0 aromatic heterocycles. The number of nitrogens with one attached hydrogen (secondary N) is 1. The van der Waals surface area contributed by atoms with Crippen LogP contribution in [0.3, 0.4) is 0 Å². The van der Waals surface area contributed by atoms with Gasteiger partial charge in [0, 0.05) is 6.08 Å². The molecule has 26 heavy (non-hydrogen) atoms. The first-order valence-electron chi connectivity index (χ1n) is 8.13. The number of methoxy groups -OCH3 is 1. The maximum absolute atomic E-state index is 12.1. The molecule has 0 heterocycles. The fourth-order valence-electron chi connectivity index (χ4n) is 2.29. The van der Waals surface area contributed by atoms with Crippen molar-refractivity contribution in [2.45, 2.75) is 20.0 Å². The van der Waals surface area contributed by atoms with E-state index in [1.807, 2.05) is 19.9 Å². The van der Waals surface area contributed by atoms with E-state index in [4.69, 9.17) is 15.2 Å². The van der Waals surface area contributed by atoms with E-state index >= 15 is 0 Å². The van der Waals surface area contributed by atoms with Crippen LogP contribution in [0.1, 0.15) is 29.8 Å². The minimum Gasteiger partial charge on any atom is -0.493 e. The van der Waals surface area contributed by atoms with Gasteiger partial charge >= 0.3 is 0 Å². The van der Waals surface area contributed by atoms with Crippen LogP contribution in [0.5, 0.6) is 11.5 Å². The molecule has 136 valence electrons. The number of benzene rings is 2. The maximum Gasteiger partial charge on any atom is 0.250 e. The zero-order chi connectivity index (χ0) is 19.1. The van der Waals surface area contributed by atoms with Crippen LogP contribution in [0.15, 0.2) is 48.5 Å². The van der Waals surface area contributed by atoms with Gasteiger partial charge in [-0.3, -0.25) is 9.59 Å². The molecule has 0 saturated carbocycles. The largest absolute Gasteiger partial charge is 0.493 e. The number of para-hydroxylation sites is 1. The second kappa shape index (κ2) is 8.71. The van der Waals surface area contributed by atoms with Gasteiger partial charge in [0.05, 0.1) is 24.5 Å². The molecule has 0 saturated heterocycles. The van der Waals surface area contributed by atoms with Crippen LogP contribution in [0, 0.1) is 0 Å². The van der Waals surface area contributed by atoms with E-state index in [2.05, 4.69) is 5.32 Å². The lowest BCUT2D eigenvalue weighted by Gasteiger charge is -2.13. The van der Waals surface area contributed by atoms with Crippen LogP contribution in [0.2, 0.25) is 0 Å². The minimum absolute atomic E-state index is 0.0291. The van der Waals surface area contributed by atoms with Crippen LogP contribution >= 0.6 is 0 Å². The average molecular weight is 354 g/mol. The predicted molar refractivity (Wildman–Crippen MR) is 101 cm³/mol. The van der Waals surface area contributed by atoms with Crippen LogP contribution in [0.25, 0.3) is 6.08 Å². The molecular weight excluding hydrogens is 332 g/mol. The Hall–Kier alpha value is -3.28. The fraction of sp³-hybridized carbons (Fsp3) is 0.200. The van der Waals surface area contributed by atoms with Gasteiger partial charge in [-0.25, -0.2) is 0 Å². The molecule has 0 aliphatic carbocycles. The number of primary amides is 1. The predicted octanol–water partition coefficient (Wildman–Crippen LogP) is 3.23. The van der Waals surface area contributed by atoms with E-state index in [0.29, 0.717) is 17.2 Å². The number of hydrogen-bond donors (Lipinski definition) is 2.